The van der Waals surface area contributed by atoms with Gasteiger partial charge in [-0.3, -0.25) is 0 Å². The van der Waals surface area contributed by atoms with Crippen LogP contribution in [-0.2, 0) is 6.42 Å². The fraction of sp³-hybridized carbons (Fsp3) is 0.455. The second-order valence-electron chi connectivity index (χ2n) is 3.36. The summed E-state index contributed by atoms with van der Waals surface area (Å²) in [7, 11) is -1.62. The minimum Gasteiger partial charge on any atom is -0.430 e. The largest absolute Gasteiger partial charge is 0.430 e. The highest BCUT2D eigenvalue weighted by molar-refractivity contribution is 6.66. The summed E-state index contributed by atoms with van der Waals surface area (Å²) in [6.07, 6.45) is 2.12. The van der Waals surface area contributed by atoms with Crippen LogP contribution in [0.4, 0.5) is 0 Å². The van der Waals surface area contributed by atoms with Crippen molar-refractivity contribution < 1.29 is 4.80 Å². The molecule has 0 bridgehead atoms. The van der Waals surface area contributed by atoms with E-state index in [0.717, 1.165) is 18.9 Å². The summed E-state index contributed by atoms with van der Waals surface area (Å²) in [6, 6.07) is 9.29. The standard InChI is InChI=1S/C11H18OSi/c1-3-9-13(12)11-8-6-5-7-10(11)4-2/h5-8,12-13H,3-4,9H2,1-2H3. The van der Waals surface area contributed by atoms with E-state index in [9.17, 15) is 4.80 Å². The van der Waals surface area contributed by atoms with Gasteiger partial charge in [0.2, 0.25) is 9.04 Å². The van der Waals surface area contributed by atoms with Gasteiger partial charge in [-0.25, -0.2) is 0 Å². The second-order valence-corrected chi connectivity index (χ2v) is 5.59. The van der Waals surface area contributed by atoms with Gasteiger partial charge in [-0.2, -0.15) is 0 Å². The minimum atomic E-state index is -1.62. The summed E-state index contributed by atoms with van der Waals surface area (Å²) in [5, 5.41) is 1.24. The van der Waals surface area contributed by atoms with E-state index < -0.39 is 9.04 Å². The van der Waals surface area contributed by atoms with E-state index in [1.807, 2.05) is 6.07 Å². The molecular formula is C11H18OSi. The fourth-order valence-electron chi connectivity index (χ4n) is 1.61. The van der Waals surface area contributed by atoms with Crippen LogP contribution >= 0.6 is 0 Å². The molecule has 72 valence electrons. The maximum Gasteiger partial charge on any atom is 0.204 e. The predicted molar refractivity (Wildman–Crippen MR) is 59.9 cm³/mol. The van der Waals surface area contributed by atoms with Crippen molar-refractivity contribution >= 4 is 14.2 Å². The van der Waals surface area contributed by atoms with Crippen molar-refractivity contribution in [1.29, 1.82) is 0 Å². The molecule has 0 saturated heterocycles. The van der Waals surface area contributed by atoms with E-state index in [0.29, 0.717) is 0 Å². The van der Waals surface area contributed by atoms with E-state index in [4.69, 9.17) is 0 Å². The van der Waals surface area contributed by atoms with Gasteiger partial charge in [0.1, 0.15) is 0 Å². The van der Waals surface area contributed by atoms with Crippen LogP contribution in [0.3, 0.4) is 0 Å². The van der Waals surface area contributed by atoms with Crippen molar-refractivity contribution in [2.45, 2.75) is 32.7 Å². The zero-order valence-corrected chi connectivity index (χ0v) is 9.61. The second kappa shape index (κ2) is 5.20. The van der Waals surface area contributed by atoms with Gasteiger partial charge in [0.25, 0.3) is 0 Å². The molecule has 1 unspecified atom stereocenters. The molecule has 0 aromatic heterocycles. The van der Waals surface area contributed by atoms with Crippen LogP contribution in [-0.4, -0.2) is 13.8 Å². The molecule has 0 aliphatic heterocycles. The molecule has 1 nitrogen and oxygen atoms in total. The maximum absolute atomic E-state index is 9.97. The topological polar surface area (TPSA) is 20.2 Å². The minimum absolute atomic E-state index is 0.997. The molecule has 0 saturated carbocycles. The molecule has 1 N–H and O–H groups in total. The van der Waals surface area contributed by atoms with Gasteiger partial charge in [-0.1, -0.05) is 44.5 Å². The first-order valence-corrected chi connectivity index (χ1v) is 6.96. The first-order chi connectivity index (χ1) is 6.29. The molecule has 0 fully saturated rings. The summed E-state index contributed by atoms with van der Waals surface area (Å²) < 4.78 is 0. The Bertz CT molecular complexity index is 260. The van der Waals surface area contributed by atoms with E-state index in [1.54, 1.807) is 0 Å². The predicted octanol–water partition coefficient (Wildman–Crippen LogP) is 1.58. The third-order valence-electron chi connectivity index (χ3n) is 2.36. The van der Waals surface area contributed by atoms with Crippen LogP contribution in [0.15, 0.2) is 24.3 Å². The average molecular weight is 194 g/mol. The van der Waals surface area contributed by atoms with Crippen LogP contribution < -0.4 is 5.19 Å². The summed E-state index contributed by atoms with van der Waals surface area (Å²) >= 11 is 0. The van der Waals surface area contributed by atoms with Gasteiger partial charge in [0.15, 0.2) is 0 Å². The van der Waals surface area contributed by atoms with Gasteiger partial charge in [0.05, 0.1) is 0 Å². The lowest BCUT2D eigenvalue weighted by molar-refractivity contribution is 0.581. The Kier molecular flexibility index (Phi) is 4.19. The molecule has 0 aliphatic carbocycles. The van der Waals surface area contributed by atoms with Crippen LogP contribution in [0.25, 0.3) is 0 Å². The molecule has 0 radical (unpaired) electrons. The quantitative estimate of drug-likeness (QED) is 0.722. The van der Waals surface area contributed by atoms with Crippen molar-refractivity contribution in [3.05, 3.63) is 29.8 Å². The molecule has 0 amide bonds. The molecular weight excluding hydrogens is 176 g/mol. The Labute approximate surface area is 82.2 Å². The molecule has 0 spiro atoms. The van der Waals surface area contributed by atoms with E-state index >= 15 is 0 Å². The summed E-state index contributed by atoms with van der Waals surface area (Å²) in [5.74, 6) is 0. The lowest BCUT2D eigenvalue weighted by Gasteiger charge is -2.11. The fourth-order valence-corrected chi connectivity index (χ4v) is 3.53. The molecule has 13 heavy (non-hydrogen) atoms. The molecule has 2 heteroatoms. The number of hydrogen-bond donors (Lipinski definition) is 1. The molecule has 1 rings (SSSR count). The van der Waals surface area contributed by atoms with Crippen LogP contribution in [0.5, 0.6) is 0 Å². The van der Waals surface area contributed by atoms with E-state index in [1.165, 1.54) is 10.8 Å². The average Bonchev–Trinajstić information content (AvgIpc) is 2.18. The van der Waals surface area contributed by atoms with Crippen LogP contribution in [0, 0.1) is 0 Å². The lowest BCUT2D eigenvalue weighted by atomic mass is 10.2. The summed E-state index contributed by atoms with van der Waals surface area (Å²) in [6.45, 7) is 4.27. The van der Waals surface area contributed by atoms with Crippen molar-refractivity contribution in [2.24, 2.45) is 0 Å². The Balaban J connectivity index is 2.85. The number of benzene rings is 1. The maximum atomic E-state index is 9.97. The molecule has 1 aromatic carbocycles. The first kappa shape index (κ1) is 10.5. The van der Waals surface area contributed by atoms with E-state index in [-0.39, 0.29) is 0 Å². The van der Waals surface area contributed by atoms with Gasteiger partial charge < -0.3 is 4.80 Å². The highest BCUT2D eigenvalue weighted by Gasteiger charge is 2.11. The zero-order valence-electron chi connectivity index (χ0n) is 8.46. The van der Waals surface area contributed by atoms with Crippen molar-refractivity contribution in [3.63, 3.8) is 0 Å². The summed E-state index contributed by atoms with van der Waals surface area (Å²) in [4.78, 5) is 9.97. The highest BCUT2D eigenvalue weighted by atomic mass is 28.3. The monoisotopic (exact) mass is 194 g/mol. The zero-order chi connectivity index (χ0) is 9.68. The molecule has 0 heterocycles. The molecule has 1 aromatic rings. The number of hydrogen-bond acceptors (Lipinski definition) is 1. The van der Waals surface area contributed by atoms with Crippen molar-refractivity contribution in [1.82, 2.24) is 0 Å². The Morgan fingerprint density at radius 2 is 1.92 bits per heavy atom. The Morgan fingerprint density at radius 3 is 2.54 bits per heavy atom. The lowest BCUT2D eigenvalue weighted by Crippen LogP contribution is -2.32. The Morgan fingerprint density at radius 1 is 1.23 bits per heavy atom. The molecule has 0 aliphatic rings. The van der Waals surface area contributed by atoms with Crippen LogP contribution in [0.1, 0.15) is 25.8 Å². The van der Waals surface area contributed by atoms with Gasteiger partial charge in [-0.05, 0) is 23.2 Å². The highest BCUT2D eigenvalue weighted by Crippen LogP contribution is 2.02. The molecule has 1 atom stereocenters. The van der Waals surface area contributed by atoms with Gasteiger partial charge >= 0.3 is 0 Å². The first-order valence-electron chi connectivity index (χ1n) is 5.05. The number of rotatable bonds is 4. The smallest absolute Gasteiger partial charge is 0.204 e. The van der Waals surface area contributed by atoms with Gasteiger partial charge in [0, 0.05) is 0 Å². The normalized spacial score (nSPS) is 12.8. The Hall–Kier alpha value is -0.603. The third-order valence-corrected chi connectivity index (χ3v) is 4.76. The van der Waals surface area contributed by atoms with Gasteiger partial charge in [-0.15, -0.1) is 0 Å². The van der Waals surface area contributed by atoms with Crippen molar-refractivity contribution in [2.75, 3.05) is 0 Å². The van der Waals surface area contributed by atoms with Crippen molar-refractivity contribution in [3.8, 4) is 0 Å². The van der Waals surface area contributed by atoms with E-state index in [2.05, 4.69) is 32.0 Å². The third kappa shape index (κ3) is 2.67. The SMILES string of the molecule is CCC[SiH](O)c1ccccc1CC. The summed E-state index contributed by atoms with van der Waals surface area (Å²) in [5.41, 5.74) is 1.33. The number of aryl methyl sites for hydroxylation is 1. The van der Waals surface area contributed by atoms with Crippen LogP contribution in [0.2, 0.25) is 6.04 Å².